The van der Waals surface area contributed by atoms with Gasteiger partial charge in [0.05, 0.1) is 6.42 Å². The van der Waals surface area contributed by atoms with Gasteiger partial charge in [0, 0.05) is 13.1 Å². The summed E-state index contributed by atoms with van der Waals surface area (Å²) in [5, 5.41) is 10.1. The molecule has 0 aliphatic carbocycles. The fourth-order valence-corrected chi connectivity index (χ4v) is 1.90. The summed E-state index contributed by atoms with van der Waals surface area (Å²) in [5.74, 6) is 0.103. The number of nitrogens with one attached hydrogen (secondary N) is 2. The molecule has 0 saturated heterocycles. The molecule has 1 heterocycles. The zero-order valence-electron chi connectivity index (χ0n) is 9.08. The summed E-state index contributed by atoms with van der Waals surface area (Å²) >= 11 is 1.62. The standard InChI is InChI=1S/C11H18N2OS/c1-2-4-12-5-6-13-11(14)8-10-3-7-15-9-10/h3,7,9,12H,2,4-6,8H2,1H3,(H,13,14). The van der Waals surface area contributed by atoms with E-state index in [2.05, 4.69) is 17.6 Å². The monoisotopic (exact) mass is 226 g/mol. The summed E-state index contributed by atoms with van der Waals surface area (Å²) in [5.41, 5.74) is 1.10. The Morgan fingerprint density at radius 1 is 1.40 bits per heavy atom. The van der Waals surface area contributed by atoms with Gasteiger partial charge in [-0.15, -0.1) is 0 Å². The molecule has 0 atom stereocenters. The molecule has 1 aromatic rings. The van der Waals surface area contributed by atoms with Gasteiger partial charge in [0.25, 0.3) is 0 Å². The third-order valence-electron chi connectivity index (χ3n) is 2.00. The van der Waals surface area contributed by atoms with Gasteiger partial charge < -0.3 is 10.6 Å². The maximum Gasteiger partial charge on any atom is 0.224 e. The van der Waals surface area contributed by atoms with E-state index in [-0.39, 0.29) is 5.91 Å². The first kappa shape index (κ1) is 12.2. The molecule has 84 valence electrons. The van der Waals surface area contributed by atoms with Crippen LogP contribution >= 0.6 is 11.3 Å². The lowest BCUT2D eigenvalue weighted by Gasteiger charge is -2.05. The molecule has 1 aromatic heterocycles. The van der Waals surface area contributed by atoms with Crippen LogP contribution in [0.25, 0.3) is 0 Å². The minimum atomic E-state index is 0.103. The summed E-state index contributed by atoms with van der Waals surface area (Å²) in [6.45, 7) is 4.70. The zero-order valence-corrected chi connectivity index (χ0v) is 9.90. The average Bonchev–Trinajstić information content (AvgIpc) is 2.70. The molecule has 0 bridgehead atoms. The predicted molar refractivity (Wildman–Crippen MR) is 64.2 cm³/mol. The van der Waals surface area contributed by atoms with Crippen LogP contribution in [0.4, 0.5) is 0 Å². The minimum absolute atomic E-state index is 0.103. The van der Waals surface area contributed by atoms with E-state index in [9.17, 15) is 4.79 Å². The Labute approximate surface area is 94.9 Å². The van der Waals surface area contributed by atoms with Crippen LogP contribution in [0.5, 0.6) is 0 Å². The van der Waals surface area contributed by atoms with E-state index in [1.165, 1.54) is 0 Å². The van der Waals surface area contributed by atoms with Crippen molar-refractivity contribution < 1.29 is 4.79 Å². The van der Waals surface area contributed by atoms with Crippen LogP contribution in [-0.2, 0) is 11.2 Å². The quantitative estimate of drug-likeness (QED) is 0.690. The molecule has 0 spiro atoms. The summed E-state index contributed by atoms with van der Waals surface area (Å²) in [6, 6.07) is 1.99. The van der Waals surface area contributed by atoms with Crippen molar-refractivity contribution >= 4 is 17.2 Å². The zero-order chi connectivity index (χ0) is 10.9. The number of amides is 1. The molecule has 0 unspecified atom stereocenters. The van der Waals surface area contributed by atoms with Crippen molar-refractivity contribution in [2.24, 2.45) is 0 Å². The smallest absolute Gasteiger partial charge is 0.224 e. The van der Waals surface area contributed by atoms with Crippen molar-refractivity contribution in [1.82, 2.24) is 10.6 Å². The highest BCUT2D eigenvalue weighted by atomic mass is 32.1. The lowest BCUT2D eigenvalue weighted by atomic mass is 10.2. The summed E-state index contributed by atoms with van der Waals surface area (Å²) in [6.07, 6.45) is 1.63. The molecular weight excluding hydrogens is 208 g/mol. The van der Waals surface area contributed by atoms with Crippen LogP contribution in [0.15, 0.2) is 16.8 Å². The summed E-state index contributed by atoms with van der Waals surface area (Å²) in [4.78, 5) is 11.4. The molecule has 4 heteroatoms. The molecular formula is C11H18N2OS. The molecule has 2 N–H and O–H groups in total. The number of carbonyl (C=O) groups is 1. The van der Waals surface area contributed by atoms with E-state index >= 15 is 0 Å². The largest absolute Gasteiger partial charge is 0.355 e. The van der Waals surface area contributed by atoms with Crippen molar-refractivity contribution in [3.05, 3.63) is 22.4 Å². The molecule has 0 aromatic carbocycles. The SMILES string of the molecule is CCCNCCNC(=O)Cc1ccsc1. The highest BCUT2D eigenvalue weighted by Gasteiger charge is 2.01. The van der Waals surface area contributed by atoms with Gasteiger partial charge in [-0.25, -0.2) is 0 Å². The van der Waals surface area contributed by atoms with Crippen LogP contribution < -0.4 is 10.6 Å². The molecule has 3 nitrogen and oxygen atoms in total. The van der Waals surface area contributed by atoms with Crippen LogP contribution in [0.3, 0.4) is 0 Å². The Morgan fingerprint density at radius 3 is 2.93 bits per heavy atom. The minimum Gasteiger partial charge on any atom is -0.355 e. The number of carbonyl (C=O) groups excluding carboxylic acids is 1. The first-order valence-electron chi connectivity index (χ1n) is 5.31. The maximum atomic E-state index is 11.4. The van der Waals surface area contributed by atoms with Crippen molar-refractivity contribution in [3.63, 3.8) is 0 Å². The molecule has 0 saturated carbocycles. The Balaban J connectivity index is 2.04. The molecule has 15 heavy (non-hydrogen) atoms. The van der Waals surface area contributed by atoms with E-state index in [0.29, 0.717) is 13.0 Å². The van der Waals surface area contributed by atoms with Crippen molar-refractivity contribution in [1.29, 1.82) is 0 Å². The second kappa shape index (κ2) is 7.43. The van der Waals surface area contributed by atoms with Crippen LogP contribution in [0.1, 0.15) is 18.9 Å². The molecule has 0 aliphatic heterocycles. The Bertz CT molecular complexity index is 272. The fraction of sp³-hybridized carbons (Fsp3) is 0.545. The number of hydrogen-bond acceptors (Lipinski definition) is 3. The van der Waals surface area contributed by atoms with Crippen LogP contribution in [0.2, 0.25) is 0 Å². The topological polar surface area (TPSA) is 41.1 Å². The second-order valence-corrected chi connectivity index (χ2v) is 4.19. The van der Waals surface area contributed by atoms with Crippen molar-refractivity contribution in [2.45, 2.75) is 19.8 Å². The van der Waals surface area contributed by atoms with Gasteiger partial charge in [0.2, 0.25) is 5.91 Å². The first-order chi connectivity index (χ1) is 7.33. The van der Waals surface area contributed by atoms with Gasteiger partial charge in [0.1, 0.15) is 0 Å². The van der Waals surface area contributed by atoms with Crippen LogP contribution in [0, 0.1) is 0 Å². The second-order valence-electron chi connectivity index (χ2n) is 3.41. The van der Waals surface area contributed by atoms with Gasteiger partial charge in [0.15, 0.2) is 0 Å². The van der Waals surface area contributed by atoms with E-state index in [0.717, 1.165) is 25.1 Å². The highest BCUT2D eigenvalue weighted by molar-refractivity contribution is 7.07. The normalized spacial score (nSPS) is 10.2. The lowest BCUT2D eigenvalue weighted by molar-refractivity contribution is -0.120. The molecule has 1 amide bonds. The van der Waals surface area contributed by atoms with Crippen LogP contribution in [-0.4, -0.2) is 25.5 Å². The Morgan fingerprint density at radius 2 is 2.27 bits per heavy atom. The first-order valence-corrected chi connectivity index (χ1v) is 6.25. The molecule has 0 fully saturated rings. The highest BCUT2D eigenvalue weighted by Crippen LogP contribution is 2.05. The van der Waals surface area contributed by atoms with Crippen molar-refractivity contribution in [3.8, 4) is 0 Å². The van der Waals surface area contributed by atoms with E-state index in [1.54, 1.807) is 11.3 Å². The predicted octanol–water partition coefficient (Wildman–Crippen LogP) is 1.41. The number of thiophene rings is 1. The van der Waals surface area contributed by atoms with Gasteiger partial charge in [-0.05, 0) is 35.4 Å². The van der Waals surface area contributed by atoms with Gasteiger partial charge in [-0.2, -0.15) is 11.3 Å². The Hall–Kier alpha value is -0.870. The van der Waals surface area contributed by atoms with Gasteiger partial charge in [-0.3, -0.25) is 4.79 Å². The lowest BCUT2D eigenvalue weighted by Crippen LogP contribution is -2.32. The Kier molecular flexibility index (Phi) is 6.04. The summed E-state index contributed by atoms with van der Waals surface area (Å²) < 4.78 is 0. The summed E-state index contributed by atoms with van der Waals surface area (Å²) in [7, 11) is 0. The van der Waals surface area contributed by atoms with Gasteiger partial charge in [-0.1, -0.05) is 6.92 Å². The molecule has 1 rings (SSSR count). The van der Waals surface area contributed by atoms with E-state index in [4.69, 9.17) is 0 Å². The van der Waals surface area contributed by atoms with Gasteiger partial charge >= 0.3 is 0 Å². The maximum absolute atomic E-state index is 11.4. The molecule has 0 aliphatic rings. The number of rotatable bonds is 7. The van der Waals surface area contributed by atoms with Crippen molar-refractivity contribution in [2.75, 3.05) is 19.6 Å². The number of hydrogen-bond donors (Lipinski definition) is 2. The third kappa shape index (κ3) is 5.54. The molecule has 0 radical (unpaired) electrons. The average molecular weight is 226 g/mol. The third-order valence-corrected chi connectivity index (χ3v) is 2.73. The van der Waals surface area contributed by atoms with E-state index < -0.39 is 0 Å². The fourth-order valence-electron chi connectivity index (χ4n) is 1.23. The van der Waals surface area contributed by atoms with E-state index in [1.807, 2.05) is 16.8 Å².